The number of ether oxygens (including phenoxy) is 1. The second-order valence-electron chi connectivity index (χ2n) is 7.44. The normalized spacial score (nSPS) is 18.8. The fraction of sp³-hybridized carbons (Fsp3) is 0.591. The minimum atomic E-state index is -0.0993. The molecule has 1 aromatic carbocycles. The summed E-state index contributed by atoms with van der Waals surface area (Å²) in [5, 5.41) is 0. The van der Waals surface area contributed by atoms with E-state index in [9.17, 15) is 4.79 Å². The first-order valence-corrected chi connectivity index (χ1v) is 11.2. The molecule has 136 valence electrons. The van der Waals surface area contributed by atoms with Crippen molar-refractivity contribution in [2.45, 2.75) is 71.6 Å². The summed E-state index contributed by atoms with van der Waals surface area (Å²) in [5.74, 6) is 0.608. The fourth-order valence-corrected chi connectivity index (χ4v) is 5.97. The molecule has 0 spiro atoms. The van der Waals surface area contributed by atoms with Crippen LogP contribution >= 0.6 is 8.58 Å². The van der Waals surface area contributed by atoms with Gasteiger partial charge in [-0.25, -0.2) is 0 Å². The van der Waals surface area contributed by atoms with E-state index in [1.165, 1.54) is 72.2 Å². The van der Waals surface area contributed by atoms with E-state index < -0.39 is 0 Å². The molecule has 1 saturated carbocycles. The number of rotatable bonds is 5. The molecular weight excluding hydrogens is 327 g/mol. The summed E-state index contributed by atoms with van der Waals surface area (Å²) in [6.45, 7) is 6.80. The van der Waals surface area contributed by atoms with Crippen LogP contribution in [0.5, 0.6) is 0 Å². The van der Waals surface area contributed by atoms with E-state index in [0.29, 0.717) is 18.9 Å². The third kappa shape index (κ3) is 4.17. The predicted octanol–water partition coefficient (Wildman–Crippen LogP) is 5.69. The molecule has 1 atom stereocenters. The highest BCUT2D eigenvalue weighted by atomic mass is 31.1. The first-order valence-electron chi connectivity index (χ1n) is 9.80. The molecule has 0 aromatic heterocycles. The van der Waals surface area contributed by atoms with Crippen molar-refractivity contribution in [3.63, 3.8) is 0 Å². The third-order valence-corrected chi connectivity index (χ3v) is 7.07. The van der Waals surface area contributed by atoms with Crippen LogP contribution < -0.4 is 0 Å². The number of carbonyl (C=O) groups excluding carboxylic acids is 1. The van der Waals surface area contributed by atoms with Gasteiger partial charge in [-0.05, 0) is 85.2 Å². The molecule has 1 aliphatic heterocycles. The smallest absolute Gasteiger partial charge is 0.310 e. The Hall–Kier alpha value is -1.14. The monoisotopic (exact) mass is 358 g/mol. The van der Waals surface area contributed by atoms with Crippen molar-refractivity contribution in [1.82, 2.24) is 0 Å². The van der Waals surface area contributed by atoms with E-state index in [-0.39, 0.29) is 5.97 Å². The van der Waals surface area contributed by atoms with Crippen LogP contribution in [0.3, 0.4) is 0 Å². The summed E-state index contributed by atoms with van der Waals surface area (Å²) in [6, 6.07) is 0. The van der Waals surface area contributed by atoms with Gasteiger partial charge < -0.3 is 4.74 Å². The molecule has 0 N–H and O–H groups in total. The van der Waals surface area contributed by atoms with Crippen molar-refractivity contribution in [2.24, 2.45) is 5.92 Å². The highest BCUT2D eigenvalue weighted by molar-refractivity contribution is 7.36. The van der Waals surface area contributed by atoms with Gasteiger partial charge in [-0.15, -0.1) is 8.58 Å². The molecule has 2 aliphatic rings. The Morgan fingerprint density at radius 1 is 1.12 bits per heavy atom. The summed E-state index contributed by atoms with van der Waals surface area (Å²) in [6.07, 6.45) is 14.3. The van der Waals surface area contributed by atoms with Gasteiger partial charge in [0.2, 0.25) is 0 Å². The second-order valence-corrected chi connectivity index (χ2v) is 8.65. The molecular formula is C22H31O2P. The molecule has 25 heavy (non-hydrogen) atoms. The lowest BCUT2D eigenvalue weighted by Gasteiger charge is -2.20. The summed E-state index contributed by atoms with van der Waals surface area (Å²) in [7, 11) is 0.994. The van der Waals surface area contributed by atoms with Gasteiger partial charge >= 0.3 is 5.97 Å². The van der Waals surface area contributed by atoms with Gasteiger partial charge in [0.1, 0.15) is 0 Å². The molecule has 1 aromatic rings. The van der Waals surface area contributed by atoms with Crippen molar-refractivity contribution < 1.29 is 9.53 Å². The standard InChI is InChI=1S/C22H31O2P/c1-4-24-22(23)12-19-16(3)21-14-25-13-20(21)15(2)18(19)11-10-17-8-6-5-7-9-17/h10-11,17,25H,4-9,12-14H2,1-3H3/b11-10+. The van der Waals surface area contributed by atoms with E-state index in [1.807, 2.05) is 6.92 Å². The lowest BCUT2D eigenvalue weighted by molar-refractivity contribution is -0.142. The third-order valence-electron chi connectivity index (χ3n) is 5.87. The van der Waals surface area contributed by atoms with Gasteiger partial charge in [-0.1, -0.05) is 31.4 Å². The first-order chi connectivity index (χ1) is 12.1. The fourth-order valence-electron chi connectivity index (χ4n) is 4.39. The number of allylic oxidation sites excluding steroid dienone is 1. The van der Waals surface area contributed by atoms with Crippen LogP contribution in [0.1, 0.15) is 72.4 Å². The van der Waals surface area contributed by atoms with Gasteiger partial charge in [0.25, 0.3) is 0 Å². The van der Waals surface area contributed by atoms with Crippen LogP contribution in [0.25, 0.3) is 6.08 Å². The highest BCUT2D eigenvalue weighted by Gasteiger charge is 2.23. The Kier molecular flexibility index (Phi) is 6.34. The van der Waals surface area contributed by atoms with E-state index >= 15 is 0 Å². The minimum absolute atomic E-state index is 0.0993. The number of hydrogen-bond acceptors (Lipinski definition) is 2. The number of carbonyl (C=O) groups is 1. The Balaban J connectivity index is 1.97. The van der Waals surface area contributed by atoms with Crippen LogP contribution in [0, 0.1) is 19.8 Å². The Bertz CT molecular complexity index is 669. The highest BCUT2D eigenvalue weighted by Crippen LogP contribution is 2.42. The molecule has 0 bridgehead atoms. The number of hydrogen-bond donors (Lipinski definition) is 0. The number of benzene rings is 1. The van der Waals surface area contributed by atoms with Gasteiger partial charge in [-0.2, -0.15) is 0 Å². The lowest BCUT2D eigenvalue weighted by atomic mass is 9.85. The molecule has 0 saturated heterocycles. The molecule has 2 nitrogen and oxygen atoms in total. The minimum Gasteiger partial charge on any atom is -0.466 e. The van der Waals surface area contributed by atoms with Crippen molar-refractivity contribution in [3.05, 3.63) is 39.5 Å². The number of fused-ring (bicyclic) bond motifs is 1. The van der Waals surface area contributed by atoms with E-state index in [4.69, 9.17) is 4.74 Å². The largest absolute Gasteiger partial charge is 0.466 e. The molecule has 0 radical (unpaired) electrons. The SMILES string of the molecule is CCOC(=O)Cc1c(C)c2c(c(C)c1/C=C/C1CCCCC1)CPC2. The molecule has 1 fully saturated rings. The average molecular weight is 358 g/mol. The maximum atomic E-state index is 12.2. The summed E-state index contributed by atoms with van der Waals surface area (Å²) in [4.78, 5) is 12.2. The van der Waals surface area contributed by atoms with Crippen molar-refractivity contribution >= 4 is 20.6 Å². The zero-order valence-corrected chi connectivity index (χ0v) is 16.9. The van der Waals surface area contributed by atoms with Crippen molar-refractivity contribution in [1.29, 1.82) is 0 Å². The van der Waals surface area contributed by atoms with Crippen LogP contribution in [-0.2, 0) is 28.3 Å². The van der Waals surface area contributed by atoms with Crippen LogP contribution in [-0.4, -0.2) is 12.6 Å². The predicted molar refractivity (Wildman–Crippen MR) is 108 cm³/mol. The maximum Gasteiger partial charge on any atom is 0.310 e. The molecule has 0 amide bonds. The first kappa shape index (κ1) is 18.6. The van der Waals surface area contributed by atoms with Crippen molar-refractivity contribution in [3.8, 4) is 0 Å². The molecule has 3 rings (SSSR count). The Morgan fingerprint density at radius 2 is 1.80 bits per heavy atom. The van der Waals surface area contributed by atoms with E-state index in [2.05, 4.69) is 26.0 Å². The molecule has 1 heterocycles. The lowest BCUT2D eigenvalue weighted by Crippen LogP contribution is -2.12. The van der Waals surface area contributed by atoms with Gasteiger partial charge in [-0.3, -0.25) is 4.79 Å². The molecule has 1 aliphatic carbocycles. The van der Waals surface area contributed by atoms with Gasteiger partial charge in [0, 0.05) is 0 Å². The summed E-state index contributed by atoms with van der Waals surface area (Å²) >= 11 is 0. The molecule has 1 unspecified atom stereocenters. The van der Waals surface area contributed by atoms with Crippen LogP contribution in [0.4, 0.5) is 0 Å². The van der Waals surface area contributed by atoms with E-state index in [0.717, 1.165) is 8.58 Å². The molecule has 3 heteroatoms. The van der Waals surface area contributed by atoms with Crippen LogP contribution in [0.15, 0.2) is 6.08 Å². The zero-order chi connectivity index (χ0) is 17.8. The maximum absolute atomic E-state index is 12.2. The average Bonchev–Trinajstić information content (AvgIpc) is 3.10. The zero-order valence-electron chi connectivity index (χ0n) is 15.9. The second kappa shape index (κ2) is 8.49. The Labute approximate surface area is 154 Å². The summed E-state index contributed by atoms with van der Waals surface area (Å²) in [5.41, 5.74) is 8.28. The van der Waals surface area contributed by atoms with E-state index in [1.54, 1.807) is 5.56 Å². The van der Waals surface area contributed by atoms with Gasteiger partial charge in [0.15, 0.2) is 0 Å². The Morgan fingerprint density at radius 3 is 2.48 bits per heavy atom. The number of esters is 1. The topological polar surface area (TPSA) is 26.3 Å². The van der Waals surface area contributed by atoms with Crippen LogP contribution in [0.2, 0.25) is 0 Å². The van der Waals surface area contributed by atoms with Crippen molar-refractivity contribution in [2.75, 3.05) is 6.61 Å². The summed E-state index contributed by atoms with van der Waals surface area (Å²) < 4.78 is 5.25. The quantitative estimate of drug-likeness (QED) is 0.499. The van der Waals surface area contributed by atoms with Gasteiger partial charge in [0.05, 0.1) is 13.0 Å².